The van der Waals surface area contributed by atoms with Crippen molar-refractivity contribution < 1.29 is 9.90 Å². The molecule has 1 heterocycles. The number of anilines is 1. The van der Waals surface area contributed by atoms with Gasteiger partial charge in [-0.2, -0.15) is 0 Å². The largest absolute Gasteiger partial charge is 0.508 e. The molecule has 1 atom stereocenters. The van der Waals surface area contributed by atoms with Crippen LogP contribution in [0.15, 0.2) is 72.8 Å². The van der Waals surface area contributed by atoms with Crippen LogP contribution in [0.4, 0.5) is 5.69 Å². The number of carbonyl (C=O) groups is 1. The van der Waals surface area contributed by atoms with Gasteiger partial charge in [-0.15, -0.1) is 0 Å². The van der Waals surface area contributed by atoms with Crippen molar-refractivity contribution in [3.8, 4) is 5.75 Å². The summed E-state index contributed by atoms with van der Waals surface area (Å²) in [6.45, 7) is 0. The second-order valence-electron chi connectivity index (χ2n) is 5.78. The molecule has 1 aliphatic heterocycles. The quantitative estimate of drug-likeness (QED) is 0.732. The monoisotopic (exact) mass is 335 g/mol. The molecular formula is C20H14ClNO2. The van der Waals surface area contributed by atoms with Gasteiger partial charge in [0.05, 0.1) is 0 Å². The molecule has 0 bridgehead atoms. The third-order valence-corrected chi connectivity index (χ3v) is 4.72. The van der Waals surface area contributed by atoms with Crippen LogP contribution in [0.1, 0.15) is 16.7 Å². The molecule has 0 aromatic heterocycles. The van der Waals surface area contributed by atoms with Gasteiger partial charge in [-0.1, -0.05) is 60.1 Å². The van der Waals surface area contributed by atoms with Gasteiger partial charge in [0.1, 0.15) is 11.2 Å². The van der Waals surface area contributed by atoms with E-state index in [-0.39, 0.29) is 11.7 Å². The summed E-state index contributed by atoms with van der Waals surface area (Å²) in [4.78, 5) is 13.2. The van der Waals surface area contributed by atoms with Gasteiger partial charge >= 0.3 is 0 Å². The molecule has 0 radical (unpaired) electrons. The van der Waals surface area contributed by atoms with Crippen LogP contribution in [0, 0.1) is 0 Å². The minimum Gasteiger partial charge on any atom is -0.508 e. The van der Waals surface area contributed by atoms with Crippen molar-refractivity contribution in [1.82, 2.24) is 0 Å². The fourth-order valence-corrected chi connectivity index (χ4v) is 3.64. The molecular weight excluding hydrogens is 322 g/mol. The lowest BCUT2D eigenvalue weighted by Crippen LogP contribution is -2.37. The predicted molar refractivity (Wildman–Crippen MR) is 94.5 cm³/mol. The molecule has 0 saturated carbocycles. The number of rotatable bonds is 2. The van der Waals surface area contributed by atoms with Crippen molar-refractivity contribution in [2.75, 3.05) is 5.32 Å². The molecule has 4 heteroatoms. The Kier molecular flexibility index (Phi) is 3.32. The lowest BCUT2D eigenvalue weighted by molar-refractivity contribution is -0.118. The number of hydrogen-bond acceptors (Lipinski definition) is 2. The first kappa shape index (κ1) is 14.8. The molecule has 3 aromatic carbocycles. The number of amides is 1. The maximum atomic E-state index is 13.2. The highest BCUT2D eigenvalue weighted by molar-refractivity contribution is 6.30. The van der Waals surface area contributed by atoms with Gasteiger partial charge in [0.2, 0.25) is 5.91 Å². The number of nitrogens with one attached hydrogen (secondary N) is 1. The normalized spacial score (nSPS) is 19.0. The fraction of sp³-hybridized carbons (Fsp3) is 0.0500. The molecule has 0 fully saturated rings. The van der Waals surface area contributed by atoms with Gasteiger partial charge in [-0.25, -0.2) is 0 Å². The molecule has 118 valence electrons. The first-order chi connectivity index (χ1) is 11.6. The average molecular weight is 336 g/mol. The molecule has 0 spiro atoms. The van der Waals surface area contributed by atoms with Crippen LogP contribution in [0.25, 0.3) is 0 Å². The lowest BCUT2D eigenvalue weighted by atomic mass is 9.70. The van der Waals surface area contributed by atoms with Crippen molar-refractivity contribution in [2.45, 2.75) is 5.41 Å². The molecule has 0 saturated heterocycles. The van der Waals surface area contributed by atoms with Gasteiger partial charge < -0.3 is 10.4 Å². The smallest absolute Gasteiger partial charge is 0.244 e. The third-order valence-electron chi connectivity index (χ3n) is 4.49. The Labute approximate surface area is 144 Å². The van der Waals surface area contributed by atoms with E-state index >= 15 is 0 Å². The zero-order valence-corrected chi connectivity index (χ0v) is 13.4. The molecule has 4 rings (SSSR count). The van der Waals surface area contributed by atoms with Gasteiger partial charge in [-0.3, -0.25) is 4.79 Å². The number of para-hydroxylation sites is 1. The zero-order chi connectivity index (χ0) is 16.7. The maximum absolute atomic E-state index is 13.2. The topological polar surface area (TPSA) is 49.3 Å². The molecule has 0 aliphatic carbocycles. The van der Waals surface area contributed by atoms with E-state index in [1.165, 1.54) is 6.07 Å². The molecule has 3 nitrogen and oxygen atoms in total. The number of phenolic OH excluding ortho intramolecular Hbond substituents is 1. The van der Waals surface area contributed by atoms with E-state index in [1.807, 2.05) is 54.6 Å². The van der Waals surface area contributed by atoms with Gasteiger partial charge in [-0.05, 0) is 29.8 Å². The summed E-state index contributed by atoms with van der Waals surface area (Å²) in [5, 5.41) is 13.9. The number of benzene rings is 3. The van der Waals surface area contributed by atoms with Crippen LogP contribution in [0.5, 0.6) is 5.75 Å². The second-order valence-corrected chi connectivity index (χ2v) is 6.21. The molecule has 24 heavy (non-hydrogen) atoms. The summed E-state index contributed by atoms with van der Waals surface area (Å²) in [5.41, 5.74) is 1.67. The summed E-state index contributed by atoms with van der Waals surface area (Å²) < 4.78 is 0. The Morgan fingerprint density at radius 2 is 1.58 bits per heavy atom. The van der Waals surface area contributed by atoms with E-state index in [1.54, 1.807) is 12.1 Å². The van der Waals surface area contributed by atoms with E-state index in [0.29, 0.717) is 10.6 Å². The van der Waals surface area contributed by atoms with Gasteiger partial charge in [0, 0.05) is 21.8 Å². The highest BCUT2D eigenvalue weighted by Gasteiger charge is 2.51. The van der Waals surface area contributed by atoms with E-state index in [2.05, 4.69) is 5.32 Å². The number of carbonyl (C=O) groups excluding carboxylic acids is 1. The summed E-state index contributed by atoms with van der Waals surface area (Å²) >= 11 is 6.18. The minimum absolute atomic E-state index is 0.0371. The first-order valence-corrected chi connectivity index (χ1v) is 7.97. The van der Waals surface area contributed by atoms with Crippen LogP contribution in [0.3, 0.4) is 0 Å². The summed E-state index contributed by atoms with van der Waals surface area (Å²) in [6, 6.07) is 21.8. The lowest BCUT2D eigenvalue weighted by Gasteiger charge is -2.29. The Morgan fingerprint density at radius 1 is 0.875 bits per heavy atom. The molecule has 1 aliphatic rings. The van der Waals surface area contributed by atoms with E-state index in [9.17, 15) is 9.90 Å². The SMILES string of the molecule is O=C1Nc2ccccc2C1(c1ccccc1)c1cc(Cl)ccc1O. The van der Waals surface area contributed by atoms with Gasteiger partial charge in [0.15, 0.2) is 0 Å². The minimum atomic E-state index is -1.13. The number of halogens is 1. The Hall–Kier alpha value is -2.78. The van der Waals surface area contributed by atoms with E-state index in [4.69, 9.17) is 11.6 Å². The van der Waals surface area contributed by atoms with Crippen LogP contribution in [0.2, 0.25) is 5.02 Å². The fourth-order valence-electron chi connectivity index (χ4n) is 3.46. The zero-order valence-electron chi connectivity index (χ0n) is 12.7. The van der Waals surface area contributed by atoms with Crippen LogP contribution in [-0.4, -0.2) is 11.0 Å². The van der Waals surface area contributed by atoms with Gasteiger partial charge in [0.25, 0.3) is 0 Å². The molecule has 1 amide bonds. The van der Waals surface area contributed by atoms with Crippen molar-refractivity contribution in [3.05, 3.63) is 94.5 Å². The predicted octanol–water partition coefficient (Wildman–Crippen LogP) is 4.33. The number of aromatic hydroxyl groups is 1. The Balaban J connectivity index is 2.13. The molecule has 1 unspecified atom stereocenters. The van der Waals surface area contributed by atoms with Crippen molar-refractivity contribution >= 4 is 23.2 Å². The van der Waals surface area contributed by atoms with Crippen molar-refractivity contribution in [2.24, 2.45) is 0 Å². The van der Waals surface area contributed by atoms with Crippen LogP contribution < -0.4 is 5.32 Å². The second kappa shape index (κ2) is 5.39. The first-order valence-electron chi connectivity index (χ1n) is 7.59. The standard InChI is InChI=1S/C20H14ClNO2/c21-14-10-11-18(23)16(12-14)20(13-6-2-1-3-7-13)15-8-4-5-9-17(15)22-19(20)24/h1-12,23H,(H,22,24). The van der Waals surface area contributed by atoms with Crippen LogP contribution in [-0.2, 0) is 10.2 Å². The third kappa shape index (κ3) is 1.95. The number of hydrogen-bond donors (Lipinski definition) is 2. The molecule has 3 aromatic rings. The van der Waals surface area contributed by atoms with Crippen LogP contribution >= 0.6 is 11.6 Å². The van der Waals surface area contributed by atoms with E-state index in [0.717, 1.165) is 16.8 Å². The highest BCUT2D eigenvalue weighted by Crippen LogP contribution is 2.50. The van der Waals surface area contributed by atoms with E-state index < -0.39 is 5.41 Å². The summed E-state index contributed by atoms with van der Waals surface area (Å²) in [7, 11) is 0. The Morgan fingerprint density at radius 3 is 2.38 bits per heavy atom. The molecule has 2 N–H and O–H groups in total. The number of phenols is 1. The summed E-state index contributed by atoms with van der Waals surface area (Å²) in [6.07, 6.45) is 0. The van der Waals surface area contributed by atoms with Crippen molar-refractivity contribution in [1.29, 1.82) is 0 Å². The van der Waals surface area contributed by atoms with Crippen molar-refractivity contribution in [3.63, 3.8) is 0 Å². The Bertz CT molecular complexity index is 939. The maximum Gasteiger partial charge on any atom is 0.244 e. The average Bonchev–Trinajstić information content (AvgIpc) is 2.90. The highest BCUT2D eigenvalue weighted by atomic mass is 35.5. The number of fused-ring (bicyclic) bond motifs is 1. The summed E-state index contributed by atoms with van der Waals surface area (Å²) in [5.74, 6) is -0.164.